The largest absolute Gasteiger partial charge is 0.360 e. The van der Waals surface area contributed by atoms with Gasteiger partial charge in [-0.25, -0.2) is 0 Å². The van der Waals surface area contributed by atoms with Gasteiger partial charge in [0.25, 0.3) is 10.1 Å². The lowest BCUT2D eigenvalue weighted by Gasteiger charge is -2.22. The predicted octanol–water partition coefficient (Wildman–Crippen LogP) is -0.379. The van der Waals surface area contributed by atoms with Gasteiger partial charge in [-0.15, -0.1) is 0 Å². The summed E-state index contributed by atoms with van der Waals surface area (Å²) in [7, 11) is -3.89. The first-order chi connectivity index (χ1) is 3.61. The maximum Gasteiger partial charge on any atom is 0.292 e. The molecule has 0 spiro atoms. The van der Waals surface area contributed by atoms with Crippen molar-refractivity contribution in [2.45, 2.75) is 11.9 Å². The van der Waals surface area contributed by atoms with Gasteiger partial charge in [0.05, 0.1) is 6.61 Å². The lowest BCUT2D eigenvalue weighted by Crippen LogP contribution is -2.34. The van der Waals surface area contributed by atoms with Gasteiger partial charge in [-0.2, -0.15) is 8.42 Å². The van der Waals surface area contributed by atoms with Crippen LogP contribution in [0.2, 0.25) is 0 Å². The second kappa shape index (κ2) is 1.68. The fourth-order valence-electron chi connectivity index (χ4n) is 0.449. The Labute approximate surface area is 47.2 Å². The van der Waals surface area contributed by atoms with Gasteiger partial charge in [0, 0.05) is 6.42 Å². The zero-order chi connectivity index (χ0) is 6.20. The number of hydrogen-bond donors (Lipinski definition) is 1. The Bertz CT molecular complexity index is 166. The van der Waals surface area contributed by atoms with E-state index in [0.717, 1.165) is 0 Å². The van der Waals surface area contributed by atoms with E-state index in [-0.39, 0.29) is 0 Å². The van der Waals surface area contributed by atoms with Crippen LogP contribution in [0.5, 0.6) is 0 Å². The van der Waals surface area contributed by atoms with Gasteiger partial charge in [-0.3, -0.25) is 4.55 Å². The third-order valence-electron chi connectivity index (χ3n) is 0.990. The molecule has 1 saturated heterocycles. The van der Waals surface area contributed by atoms with Crippen molar-refractivity contribution in [3.8, 4) is 0 Å². The van der Waals surface area contributed by atoms with Gasteiger partial charge >= 0.3 is 0 Å². The Morgan fingerprint density at radius 3 is 2.12 bits per heavy atom. The van der Waals surface area contributed by atoms with Gasteiger partial charge in [0.1, 0.15) is 0 Å². The molecule has 0 amide bonds. The van der Waals surface area contributed by atoms with Crippen LogP contribution in [0, 0.1) is 0 Å². The summed E-state index contributed by atoms with van der Waals surface area (Å²) in [6.07, 6.45) is 0.416. The standard InChI is InChI=1S/C3H6O4S/c4-8(5,6)3-1-2-7-3/h3H,1-2H2,(H,4,5,6). The first-order valence-electron chi connectivity index (χ1n) is 2.18. The van der Waals surface area contributed by atoms with Gasteiger partial charge < -0.3 is 4.74 Å². The van der Waals surface area contributed by atoms with E-state index in [0.29, 0.717) is 13.0 Å². The summed E-state index contributed by atoms with van der Waals surface area (Å²) in [5.74, 6) is 0. The van der Waals surface area contributed by atoms with E-state index in [9.17, 15) is 8.42 Å². The summed E-state index contributed by atoms with van der Waals surface area (Å²) in [6, 6.07) is 0. The van der Waals surface area contributed by atoms with Crippen molar-refractivity contribution >= 4 is 10.1 Å². The number of hydrogen-bond acceptors (Lipinski definition) is 3. The maximum absolute atomic E-state index is 10.0. The minimum absolute atomic E-state index is 0.416. The van der Waals surface area contributed by atoms with Crippen molar-refractivity contribution < 1.29 is 17.7 Å². The molecule has 0 aromatic carbocycles. The van der Waals surface area contributed by atoms with Crippen LogP contribution in [0.15, 0.2) is 0 Å². The molecular formula is C3H6O4S. The highest BCUT2D eigenvalue weighted by Gasteiger charge is 2.30. The van der Waals surface area contributed by atoms with Crippen molar-refractivity contribution in [2.75, 3.05) is 6.61 Å². The van der Waals surface area contributed by atoms with Crippen LogP contribution < -0.4 is 0 Å². The molecule has 0 aliphatic carbocycles. The normalized spacial score (nSPS) is 29.4. The van der Waals surface area contributed by atoms with Gasteiger partial charge in [0.15, 0.2) is 5.44 Å². The first kappa shape index (κ1) is 6.00. The summed E-state index contributed by atoms with van der Waals surface area (Å²) < 4.78 is 32.7. The van der Waals surface area contributed by atoms with Crippen molar-refractivity contribution in [2.24, 2.45) is 0 Å². The Morgan fingerprint density at radius 1 is 1.62 bits per heavy atom. The molecule has 1 rings (SSSR count). The van der Waals surface area contributed by atoms with Crippen molar-refractivity contribution in [3.05, 3.63) is 0 Å². The topological polar surface area (TPSA) is 63.6 Å². The number of ether oxygens (including phenoxy) is 1. The van der Waals surface area contributed by atoms with Gasteiger partial charge in [-0.05, 0) is 0 Å². The first-order valence-corrected chi connectivity index (χ1v) is 3.69. The smallest absolute Gasteiger partial charge is 0.292 e. The van der Waals surface area contributed by atoms with E-state index in [1.807, 2.05) is 0 Å². The monoisotopic (exact) mass is 138 g/mol. The molecular weight excluding hydrogens is 132 g/mol. The maximum atomic E-state index is 10.0. The molecule has 1 unspecified atom stereocenters. The van der Waals surface area contributed by atoms with Crippen molar-refractivity contribution in [1.29, 1.82) is 0 Å². The molecule has 48 valence electrons. The summed E-state index contributed by atoms with van der Waals surface area (Å²) in [4.78, 5) is 0. The quantitative estimate of drug-likeness (QED) is 0.502. The van der Waals surface area contributed by atoms with Crippen LogP contribution in [0.3, 0.4) is 0 Å². The zero-order valence-electron chi connectivity index (χ0n) is 4.07. The van der Waals surface area contributed by atoms with Crippen molar-refractivity contribution in [3.63, 3.8) is 0 Å². The molecule has 0 aromatic heterocycles. The third kappa shape index (κ3) is 0.988. The Balaban J connectivity index is 2.60. The second-order valence-corrected chi connectivity index (χ2v) is 3.16. The molecule has 8 heavy (non-hydrogen) atoms. The van der Waals surface area contributed by atoms with Gasteiger partial charge in [-0.1, -0.05) is 0 Å². The lowest BCUT2D eigenvalue weighted by molar-refractivity contribution is -0.00177. The van der Waals surface area contributed by atoms with E-state index >= 15 is 0 Å². The predicted molar refractivity (Wildman–Crippen MR) is 25.9 cm³/mol. The van der Waals surface area contributed by atoms with Crippen LogP contribution in [0.25, 0.3) is 0 Å². The average molecular weight is 138 g/mol. The third-order valence-corrected chi connectivity index (χ3v) is 2.03. The van der Waals surface area contributed by atoms with Crippen LogP contribution in [0.4, 0.5) is 0 Å². The van der Waals surface area contributed by atoms with E-state index in [4.69, 9.17) is 4.55 Å². The molecule has 1 heterocycles. The molecule has 4 nitrogen and oxygen atoms in total. The molecule has 1 fully saturated rings. The van der Waals surface area contributed by atoms with E-state index in [1.54, 1.807) is 0 Å². The van der Waals surface area contributed by atoms with E-state index < -0.39 is 15.6 Å². The molecule has 1 aliphatic rings. The van der Waals surface area contributed by atoms with E-state index in [2.05, 4.69) is 4.74 Å². The fourth-order valence-corrected chi connectivity index (χ4v) is 1.11. The highest BCUT2D eigenvalue weighted by Crippen LogP contribution is 2.15. The highest BCUT2D eigenvalue weighted by atomic mass is 32.2. The lowest BCUT2D eigenvalue weighted by atomic mass is 10.4. The summed E-state index contributed by atoms with van der Waals surface area (Å²) in [5, 5.41) is 0. The number of rotatable bonds is 1. The Kier molecular flexibility index (Phi) is 1.26. The van der Waals surface area contributed by atoms with Crippen molar-refractivity contribution in [1.82, 2.24) is 0 Å². The summed E-state index contributed by atoms with van der Waals surface area (Å²) in [5.41, 5.74) is -0.942. The molecule has 0 saturated carbocycles. The molecule has 1 atom stereocenters. The van der Waals surface area contributed by atoms with Crippen LogP contribution in [-0.2, 0) is 14.9 Å². The van der Waals surface area contributed by atoms with Crippen LogP contribution in [0.1, 0.15) is 6.42 Å². The highest BCUT2D eigenvalue weighted by molar-refractivity contribution is 7.86. The van der Waals surface area contributed by atoms with E-state index in [1.165, 1.54) is 0 Å². The molecule has 0 aromatic rings. The second-order valence-electron chi connectivity index (χ2n) is 1.60. The van der Waals surface area contributed by atoms with Crippen LogP contribution in [-0.4, -0.2) is 25.0 Å². The Morgan fingerprint density at radius 2 is 2.12 bits per heavy atom. The van der Waals surface area contributed by atoms with Gasteiger partial charge in [0.2, 0.25) is 0 Å². The minimum Gasteiger partial charge on any atom is -0.360 e. The molecule has 0 radical (unpaired) electrons. The zero-order valence-corrected chi connectivity index (χ0v) is 4.89. The molecule has 1 aliphatic heterocycles. The molecule has 0 bridgehead atoms. The SMILES string of the molecule is O=S(=O)(O)C1CCO1. The summed E-state index contributed by atoms with van der Waals surface area (Å²) in [6.45, 7) is 0.435. The fraction of sp³-hybridized carbons (Fsp3) is 1.00. The van der Waals surface area contributed by atoms with Crippen LogP contribution >= 0.6 is 0 Å². The molecule has 5 heteroatoms. The summed E-state index contributed by atoms with van der Waals surface area (Å²) >= 11 is 0. The Hall–Kier alpha value is -0.130. The average Bonchev–Trinajstić information content (AvgIpc) is 1.16. The molecule has 1 N–H and O–H groups in total. The minimum atomic E-state index is -3.89.